The molecule has 0 radical (unpaired) electrons. The van der Waals surface area contributed by atoms with Crippen molar-refractivity contribution in [2.45, 2.75) is 46.2 Å². The number of anilines is 1. The Hall–Kier alpha value is -2.08. The summed E-state index contributed by atoms with van der Waals surface area (Å²) < 4.78 is 0. The number of nitrogens with one attached hydrogen (secondary N) is 1. The summed E-state index contributed by atoms with van der Waals surface area (Å²) in [5.74, 6) is 0.539. The van der Waals surface area contributed by atoms with E-state index in [2.05, 4.69) is 26.1 Å². The molecule has 4 fully saturated rings. The lowest BCUT2D eigenvalue weighted by Crippen LogP contribution is -2.61. The number of amides is 2. The smallest absolute Gasteiger partial charge is 0.255 e. The number of carbonyl (C=O) groups is 2. The predicted molar refractivity (Wildman–Crippen MR) is 135 cm³/mol. The first-order chi connectivity index (χ1) is 16.1. The van der Waals surface area contributed by atoms with Crippen LogP contribution in [0.2, 0.25) is 10.0 Å². The highest BCUT2D eigenvalue weighted by Crippen LogP contribution is 2.61. The lowest BCUT2D eigenvalue weighted by atomic mass is 9.45. The van der Waals surface area contributed by atoms with E-state index in [4.69, 9.17) is 23.2 Å². The van der Waals surface area contributed by atoms with Crippen LogP contribution in [0.5, 0.6) is 0 Å². The number of carbonyl (C=O) groups excluding carboxylic acids is 2. The standard InChI is InChI=1S/C27H31Cl2N3O2/c1-16-23-12-18(27(23,2)3)13-24(16)30-25(33)22-15-31(14-17-5-4-6-20(29)11-17)32(26(22)34)21-9-7-19(28)8-10-21/h4-11,16,18,22-24H,12-15H2,1-3H3,(H,30,33)/t16-,18?,22?,23-,24?/m1/s1. The lowest BCUT2D eigenvalue weighted by Gasteiger charge is -2.62. The predicted octanol–water partition coefficient (Wildman–Crippen LogP) is 5.56. The van der Waals surface area contributed by atoms with E-state index in [0.717, 1.165) is 12.0 Å². The molecule has 1 aliphatic heterocycles. The molecule has 5 nitrogen and oxygen atoms in total. The summed E-state index contributed by atoms with van der Waals surface area (Å²) >= 11 is 12.3. The first-order valence-electron chi connectivity index (χ1n) is 12.0. The van der Waals surface area contributed by atoms with Crippen LogP contribution in [0, 0.1) is 29.1 Å². The summed E-state index contributed by atoms with van der Waals surface area (Å²) in [5, 5.41) is 8.04. The molecule has 3 saturated carbocycles. The van der Waals surface area contributed by atoms with Crippen molar-refractivity contribution in [1.29, 1.82) is 0 Å². The number of benzene rings is 2. The zero-order valence-corrected chi connectivity index (χ0v) is 21.3. The number of nitrogens with zero attached hydrogens (tertiary/aromatic N) is 2. The second kappa shape index (κ2) is 8.85. The monoisotopic (exact) mass is 499 g/mol. The average Bonchev–Trinajstić information content (AvgIpc) is 3.11. The summed E-state index contributed by atoms with van der Waals surface area (Å²) in [6.45, 7) is 7.72. The molecule has 1 saturated heterocycles. The number of hydrazine groups is 1. The van der Waals surface area contributed by atoms with E-state index in [1.165, 1.54) is 6.42 Å². The fourth-order valence-corrected chi connectivity index (χ4v) is 6.67. The molecule has 4 aliphatic rings. The number of fused-ring (bicyclic) bond motifs is 2. The van der Waals surface area contributed by atoms with Gasteiger partial charge in [0.1, 0.15) is 5.92 Å². The summed E-state index contributed by atoms with van der Waals surface area (Å²) in [5.41, 5.74) is 2.02. The molecule has 6 rings (SSSR count). The van der Waals surface area contributed by atoms with Crippen molar-refractivity contribution >= 4 is 40.7 Å². The van der Waals surface area contributed by atoms with Crippen molar-refractivity contribution in [2.75, 3.05) is 11.6 Å². The number of hydrogen-bond donors (Lipinski definition) is 1. The topological polar surface area (TPSA) is 52.7 Å². The zero-order valence-electron chi connectivity index (χ0n) is 19.8. The molecular formula is C27H31Cl2N3O2. The van der Waals surface area contributed by atoms with Crippen LogP contribution in [0.1, 0.15) is 39.2 Å². The molecule has 0 spiro atoms. The van der Waals surface area contributed by atoms with Gasteiger partial charge in [0.2, 0.25) is 5.91 Å². The Bertz CT molecular complexity index is 1100. The van der Waals surface area contributed by atoms with Gasteiger partial charge in [-0.25, -0.2) is 10.0 Å². The third kappa shape index (κ3) is 4.12. The Morgan fingerprint density at radius 1 is 1.09 bits per heavy atom. The van der Waals surface area contributed by atoms with Gasteiger partial charge in [-0.1, -0.05) is 56.1 Å². The SMILES string of the molecule is C[C@H]1C(NC(=O)C2CN(Cc3cccc(Cl)c3)N(c3ccc(Cl)cc3)C2=O)CC2C[C@H]1C2(C)C. The molecule has 180 valence electrons. The molecule has 0 aromatic heterocycles. The highest BCUT2D eigenvalue weighted by molar-refractivity contribution is 6.31. The maximum Gasteiger partial charge on any atom is 0.255 e. The Balaban J connectivity index is 1.36. The van der Waals surface area contributed by atoms with Gasteiger partial charge in [0, 0.05) is 29.2 Å². The molecule has 3 aliphatic carbocycles. The molecule has 1 N–H and O–H groups in total. The van der Waals surface area contributed by atoms with Crippen molar-refractivity contribution in [3.63, 3.8) is 0 Å². The summed E-state index contributed by atoms with van der Waals surface area (Å²) in [4.78, 5) is 27.0. The first-order valence-corrected chi connectivity index (χ1v) is 12.8. The number of hydrogen-bond acceptors (Lipinski definition) is 3. The molecule has 2 bridgehead atoms. The minimum absolute atomic E-state index is 0.128. The Morgan fingerprint density at radius 3 is 2.47 bits per heavy atom. The fourth-order valence-electron chi connectivity index (χ4n) is 6.33. The van der Waals surface area contributed by atoms with Gasteiger partial charge in [-0.15, -0.1) is 0 Å². The van der Waals surface area contributed by atoms with Gasteiger partial charge in [-0.05, 0) is 78.0 Å². The molecule has 5 atom stereocenters. The third-order valence-electron chi connectivity index (χ3n) is 8.51. The fraction of sp³-hybridized carbons (Fsp3) is 0.481. The van der Waals surface area contributed by atoms with E-state index in [0.29, 0.717) is 52.0 Å². The summed E-state index contributed by atoms with van der Waals surface area (Å²) in [7, 11) is 0. The molecule has 34 heavy (non-hydrogen) atoms. The van der Waals surface area contributed by atoms with Gasteiger partial charge in [0.05, 0.1) is 5.69 Å². The molecule has 2 aromatic carbocycles. The van der Waals surface area contributed by atoms with E-state index in [9.17, 15) is 9.59 Å². The second-order valence-electron chi connectivity index (χ2n) is 10.7. The van der Waals surface area contributed by atoms with Crippen LogP contribution < -0.4 is 10.3 Å². The third-order valence-corrected chi connectivity index (χ3v) is 8.99. The van der Waals surface area contributed by atoms with E-state index in [1.807, 2.05) is 41.4 Å². The number of halogens is 2. The van der Waals surface area contributed by atoms with Crippen LogP contribution in [0.4, 0.5) is 5.69 Å². The average molecular weight is 500 g/mol. The van der Waals surface area contributed by atoms with Crippen molar-refractivity contribution in [3.8, 4) is 0 Å². The molecule has 7 heteroatoms. The summed E-state index contributed by atoms with van der Waals surface area (Å²) in [6, 6.07) is 14.8. The van der Waals surface area contributed by atoms with Gasteiger partial charge >= 0.3 is 0 Å². The van der Waals surface area contributed by atoms with Crippen LogP contribution >= 0.6 is 23.2 Å². The van der Waals surface area contributed by atoms with Gasteiger partial charge in [-0.3, -0.25) is 9.59 Å². The highest BCUT2D eigenvalue weighted by Gasteiger charge is 2.57. The molecular weight excluding hydrogens is 469 g/mol. The zero-order chi connectivity index (χ0) is 24.2. The van der Waals surface area contributed by atoms with Crippen molar-refractivity contribution in [2.24, 2.45) is 29.1 Å². The van der Waals surface area contributed by atoms with Crippen molar-refractivity contribution in [1.82, 2.24) is 10.3 Å². The molecule has 1 heterocycles. The molecule has 2 aromatic rings. The van der Waals surface area contributed by atoms with Gasteiger partial charge < -0.3 is 5.32 Å². The lowest BCUT2D eigenvalue weighted by molar-refractivity contribution is -0.139. The van der Waals surface area contributed by atoms with Gasteiger partial charge in [-0.2, -0.15) is 0 Å². The van der Waals surface area contributed by atoms with E-state index in [-0.39, 0.29) is 17.9 Å². The largest absolute Gasteiger partial charge is 0.352 e. The number of rotatable bonds is 5. The quantitative estimate of drug-likeness (QED) is 0.547. The van der Waals surface area contributed by atoms with Crippen LogP contribution in [0.3, 0.4) is 0 Å². The first kappa shape index (κ1) is 23.7. The maximum absolute atomic E-state index is 13.6. The van der Waals surface area contributed by atoms with Crippen LogP contribution in [0.15, 0.2) is 48.5 Å². The van der Waals surface area contributed by atoms with Gasteiger partial charge in [0.15, 0.2) is 0 Å². The van der Waals surface area contributed by atoms with Crippen LogP contribution in [-0.4, -0.2) is 29.4 Å². The Labute approximate surface area is 211 Å². The molecule has 3 unspecified atom stereocenters. The van der Waals surface area contributed by atoms with E-state index >= 15 is 0 Å². The summed E-state index contributed by atoms with van der Waals surface area (Å²) in [6.07, 6.45) is 2.24. The minimum Gasteiger partial charge on any atom is -0.352 e. The Kier molecular flexibility index (Phi) is 6.16. The Morgan fingerprint density at radius 2 is 1.82 bits per heavy atom. The van der Waals surface area contributed by atoms with Crippen molar-refractivity contribution in [3.05, 3.63) is 64.1 Å². The van der Waals surface area contributed by atoms with E-state index in [1.54, 1.807) is 17.1 Å². The normalized spacial score (nSPS) is 30.2. The molecule has 2 amide bonds. The van der Waals surface area contributed by atoms with Crippen LogP contribution in [0.25, 0.3) is 0 Å². The van der Waals surface area contributed by atoms with Crippen molar-refractivity contribution < 1.29 is 9.59 Å². The highest BCUT2D eigenvalue weighted by atomic mass is 35.5. The minimum atomic E-state index is -0.756. The van der Waals surface area contributed by atoms with E-state index < -0.39 is 5.92 Å². The second-order valence-corrected chi connectivity index (χ2v) is 11.6. The maximum atomic E-state index is 13.6. The van der Waals surface area contributed by atoms with Crippen LogP contribution in [-0.2, 0) is 16.1 Å². The van der Waals surface area contributed by atoms with Gasteiger partial charge in [0.25, 0.3) is 5.91 Å².